The van der Waals surface area contributed by atoms with Gasteiger partial charge in [0.05, 0.1) is 21.4 Å². The zero-order valence-electron chi connectivity index (χ0n) is 14.1. The lowest BCUT2D eigenvalue weighted by Crippen LogP contribution is -2.46. The molecule has 0 bridgehead atoms. The Hall–Kier alpha value is -1.79. The van der Waals surface area contributed by atoms with Gasteiger partial charge in [0.2, 0.25) is 5.91 Å². The van der Waals surface area contributed by atoms with E-state index in [1.54, 1.807) is 17.0 Å². The first-order valence-corrected chi connectivity index (χ1v) is 9.33. The molecule has 8 heteroatoms. The molecule has 0 spiro atoms. The van der Waals surface area contributed by atoms with Gasteiger partial charge in [-0.15, -0.1) is 0 Å². The van der Waals surface area contributed by atoms with E-state index in [-0.39, 0.29) is 24.3 Å². The molecule has 140 valence electrons. The van der Waals surface area contributed by atoms with Crippen molar-refractivity contribution in [2.75, 3.05) is 19.6 Å². The fourth-order valence-corrected chi connectivity index (χ4v) is 3.50. The van der Waals surface area contributed by atoms with Crippen molar-refractivity contribution in [3.8, 4) is 0 Å². The van der Waals surface area contributed by atoms with E-state index in [1.165, 1.54) is 6.07 Å². The molecule has 2 N–H and O–H groups in total. The molecule has 2 aliphatic rings. The molecule has 1 aromatic rings. The molecule has 2 amide bonds. The average molecular weight is 399 g/mol. The van der Waals surface area contributed by atoms with Crippen molar-refractivity contribution in [1.82, 2.24) is 10.2 Å². The number of halogens is 2. The Bertz CT molecular complexity index is 749. The van der Waals surface area contributed by atoms with Gasteiger partial charge in [0.15, 0.2) is 0 Å². The van der Waals surface area contributed by atoms with Crippen LogP contribution in [0, 0.1) is 11.3 Å². The Morgan fingerprint density at radius 1 is 1.23 bits per heavy atom. The van der Waals surface area contributed by atoms with E-state index >= 15 is 0 Å². The molecule has 0 aromatic heterocycles. The molecule has 1 saturated heterocycles. The van der Waals surface area contributed by atoms with Crippen molar-refractivity contribution in [2.45, 2.75) is 25.7 Å². The number of nitrogens with zero attached hydrogens (tertiary/aromatic N) is 1. The van der Waals surface area contributed by atoms with Crippen LogP contribution >= 0.6 is 23.2 Å². The van der Waals surface area contributed by atoms with E-state index in [4.69, 9.17) is 23.2 Å². The Labute approximate surface area is 161 Å². The molecule has 1 heterocycles. The summed E-state index contributed by atoms with van der Waals surface area (Å²) in [7, 11) is 0. The number of amides is 2. The van der Waals surface area contributed by atoms with Crippen molar-refractivity contribution >= 4 is 41.0 Å². The molecule has 1 aliphatic heterocycles. The van der Waals surface area contributed by atoms with E-state index in [0.29, 0.717) is 48.0 Å². The third-order valence-electron chi connectivity index (χ3n) is 5.15. The Morgan fingerprint density at radius 3 is 2.58 bits per heavy atom. The Morgan fingerprint density at radius 2 is 1.96 bits per heavy atom. The Kier molecular flexibility index (Phi) is 5.44. The fraction of sp³-hybridized carbons (Fsp3) is 0.500. The predicted octanol–water partition coefficient (Wildman–Crippen LogP) is 2.83. The maximum Gasteiger partial charge on any atom is 0.311 e. The van der Waals surface area contributed by atoms with Crippen LogP contribution in [0.1, 0.15) is 36.0 Å². The number of likely N-dealkylation sites (tertiary alicyclic amines) is 1. The lowest BCUT2D eigenvalue weighted by molar-refractivity contribution is -0.143. The maximum atomic E-state index is 12.7. The lowest BCUT2D eigenvalue weighted by atomic mass is 9.96. The SMILES string of the molecule is O=C(NCC1(C(=O)O)CC1)C1CCCN(C(=O)c2ccc(Cl)c(Cl)c2)C1. The number of benzene rings is 1. The van der Waals surface area contributed by atoms with Crippen LogP contribution in [0.5, 0.6) is 0 Å². The van der Waals surface area contributed by atoms with Crippen LogP contribution in [-0.4, -0.2) is 47.4 Å². The van der Waals surface area contributed by atoms with Crippen LogP contribution in [0.15, 0.2) is 18.2 Å². The number of piperidine rings is 1. The highest BCUT2D eigenvalue weighted by molar-refractivity contribution is 6.42. The molecule has 1 unspecified atom stereocenters. The third kappa shape index (κ3) is 3.96. The molecule has 1 saturated carbocycles. The van der Waals surface area contributed by atoms with Crippen LogP contribution in [0.2, 0.25) is 10.0 Å². The summed E-state index contributed by atoms with van der Waals surface area (Å²) in [6.45, 7) is 1.03. The summed E-state index contributed by atoms with van der Waals surface area (Å²) in [5.41, 5.74) is -0.358. The van der Waals surface area contributed by atoms with Gasteiger partial charge in [-0.3, -0.25) is 14.4 Å². The highest BCUT2D eigenvalue weighted by atomic mass is 35.5. The summed E-state index contributed by atoms with van der Waals surface area (Å²) in [4.78, 5) is 37.9. The summed E-state index contributed by atoms with van der Waals surface area (Å²) in [6.07, 6.45) is 2.58. The average Bonchev–Trinajstić information content (AvgIpc) is 3.43. The zero-order chi connectivity index (χ0) is 18.9. The van der Waals surface area contributed by atoms with Crippen LogP contribution in [0.25, 0.3) is 0 Å². The number of nitrogens with one attached hydrogen (secondary N) is 1. The minimum Gasteiger partial charge on any atom is -0.481 e. The van der Waals surface area contributed by atoms with Crippen LogP contribution in [0.3, 0.4) is 0 Å². The molecule has 1 aromatic carbocycles. The van der Waals surface area contributed by atoms with Crippen molar-refractivity contribution < 1.29 is 19.5 Å². The summed E-state index contributed by atoms with van der Waals surface area (Å²) in [6, 6.07) is 4.72. The normalized spacial score (nSPS) is 21.2. The third-order valence-corrected chi connectivity index (χ3v) is 5.89. The first kappa shape index (κ1) is 19.0. The van der Waals surface area contributed by atoms with Crippen molar-refractivity contribution in [3.05, 3.63) is 33.8 Å². The molecular weight excluding hydrogens is 379 g/mol. The minimum absolute atomic E-state index is 0.151. The number of hydrogen-bond acceptors (Lipinski definition) is 3. The number of carboxylic acid groups (broad SMARTS) is 1. The van der Waals surface area contributed by atoms with Gasteiger partial charge in [-0.05, 0) is 43.9 Å². The summed E-state index contributed by atoms with van der Waals surface area (Å²) >= 11 is 11.9. The van der Waals surface area contributed by atoms with Crippen LogP contribution in [0.4, 0.5) is 0 Å². The second-order valence-corrected chi connectivity index (χ2v) is 7.84. The topological polar surface area (TPSA) is 86.7 Å². The number of aliphatic carboxylic acids is 1. The van der Waals surface area contributed by atoms with Crippen molar-refractivity contribution in [1.29, 1.82) is 0 Å². The highest BCUT2D eigenvalue weighted by Crippen LogP contribution is 2.45. The van der Waals surface area contributed by atoms with Crippen LogP contribution in [-0.2, 0) is 9.59 Å². The lowest BCUT2D eigenvalue weighted by Gasteiger charge is -2.32. The predicted molar refractivity (Wildman–Crippen MR) is 97.4 cm³/mol. The van der Waals surface area contributed by atoms with Gasteiger partial charge in [0.25, 0.3) is 5.91 Å². The number of rotatable bonds is 5. The first-order valence-electron chi connectivity index (χ1n) is 8.58. The zero-order valence-corrected chi connectivity index (χ0v) is 15.6. The van der Waals surface area contributed by atoms with E-state index in [2.05, 4.69) is 5.32 Å². The fourth-order valence-electron chi connectivity index (χ4n) is 3.21. The molecule has 6 nitrogen and oxygen atoms in total. The quantitative estimate of drug-likeness (QED) is 0.797. The Balaban J connectivity index is 1.59. The van der Waals surface area contributed by atoms with Gasteiger partial charge in [-0.25, -0.2) is 0 Å². The molecule has 1 aliphatic carbocycles. The second kappa shape index (κ2) is 7.45. The van der Waals surface area contributed by atoms with Gasteiger partial charge in [0.1, 0.15) is 0 Å². The molecule has 0 radical (unpaired) electrons. The van der Waals surface area contributed by atoms with Gasteiger partial charge >= 0.3 is 5.97 Å². The van der Waals surface area contributed by atoms with Gasteiger partial charge in [-0.2, -0.15) is 0 Å². The summed E-state index contributed by atoms with van der Waals surface area (Å²) < 4.78 is 0. The summed E-state index contributed by atoms with van der Waals surface area (Å²) in [5.74, 6) is -1.58. The van der Waals surface area contributed by atoms with Gasteiger partial charge in [0, 0.05) is 25.2 Å². The molecular formula is C18H20Cl2N2O4. The molecule has 26 heavy (non-hydrogen) atoms. The van der Waals surface area contributed by atoms with Crippen molar-refractivity contribution in [2.24, 2.45) is 11.3 Å². The number of carbonyl (C=O) groups excluding carboxylic acids is 2. The van der Waals surface area contributed by atoms with E-state index in [0.717, 1.165) is 6.42 Å². The number of hydrogen-bond donors (Lipinski definition) is 2. The van der Waals surface area contributed by atoms with E-state index in [1.807, 2.05) is 0 Å². The highest BCUT2D eigenvalue weighted by Gasteiger charge is 2.50. The minimum atomic E-state index is -0.863. The van der Waals surface area contributed by atoms with E-state index in [9.17, 15) is 19.5 Å². The number of carboxylic acids is 1. The smallest absolute Gasteiger partial charge is 0.311 e. The van der Waals surface area contributed by atoms with Crippen molar-refractivity contribution in [3.63, 3.8) is 0 Å². The molecule has 1 atom stereocenters. The van der Waals surface area contributed by atoms with Gasteiger partial charge in [-0.1, -0.05) is 23.2 Å². The first-order chi connectivity index (χ1) is 12.3. The largest absolute Gasteiger partial charge is 0.481 e. The van der Waals surface area contributed by atoms with Gasteiger partial charge < -0.3 is 15.3 Å². The standard InChI is InChI=1S/C18H20Cl2N2O4/c19-13-4-3-11(8-14(13)20)16(24)22-7-1-2-12(9-22)15(23)21-10-18(5-6-18)17(25)26/h3-4,8,12H,1-2,5-7,9-10H2,(H,21,23)(H,25,26). The second-order valence-electron chi connectivity index (χ2n) is 7.02. The van der Waals surface area contributed by atoms with Crippen LogP contribution < -0.4 is 5.32 Å². The monoisotopic (exact) mass is 398 g/mol. The number of carbonyl (C=O) groups is 3. The van der Waals surface area contributed by atoms with E-state index < -0.39 is 11.4 Å². The molecule has 3 rings (SSSR count). The maximum absolute atomic E-state index is 12.7. The molecule has 2 fully saturated rings. The summed E-state index contributed by atoms with van der Waals surface area (Å²) in [5, 5.41) is 12.6.